The lowest BCUT2D eigenvalue weighted by molar-refractivity contribution is -0.274. The third-order valence-electron chi connectivity index (χ3n) is 5.55. The fourth-order valence-corrected chi connectivity index (χ4v) is 3.97. The summed E-state index contributed by atoms with van der Waals surface area (Å²) in [5, 5.41) is 2.72. The Labute approximate surface area is 196 Å². The van der Waals surface area contributed by atoms with Gasteiger partial charge in [-0.05, 0) is 53.1 Å². The molecule has 0 bridgehead atoms. The van der Waals surface area contributed by atoms with Gasteiger partial charge in [0.15, 0.2) is 0 Å². The number of benzene rings is 2. The molecule has 1 aliphatic rings. The van der Waals surface area contributed by atoms with Gasteiger partial charge in [-0.3, -0.25) is 14.0 Å². The number of hydrogen-bond acceptors (Lipinski definition) is 5. The van der Waals surface area contributed by atoms with Crippen LogP contribution >= 0.6 is 0 Å². The lowest BCUT2D eigenvalue weighted by Gasteiger charge is -2.12. The van der Waals surface area contributed by atoms with Crippen LogP contribution in [-0.4, -0.2) is 34.3 Å². The molecule has 7 nitrogen and oxygen atoms in total. The molecule has 0 saturated heterocycles. The van der Waals surface area contributed by atoms with Crippen molar-refractivity contribution < 1.29 is 27.4 Å². The first kappa shape index (κ1) is 22.5. The molecule has 0 fully saturated rings. The summed E-state index contributed by atoms with van der Waals surface area (Å²) in [4.78, 5) is 29.3. The number of nitrogens with one attached hydrogen (secondary N) is 1. The number of carbonyl (C=O) groups excluding carboxylic acids is 1. The average molecular weight is 481 g/mol. The SMILES string of the molecule is O=C(NCC1Cc2cc(-c3cccc(OC(F)(F)F)c3)ccc2O1)c1cnc2ccccn2c1=O. The Morgan fingerprint density at radius 1 is 1.11 bits per heavy atom. The second-order valence-corrected chi connectivity index (χ2v) is 7.96. The molecule has 35 heavy (non-hydrogen) atoms. The van der Waals surface area contributed by atoms with Crippen LogP contribution in [0.1, 0.15) is 15.9 Å². The second kappa shape index (κ2) is 8.79. The number of carbonyl (C=O) groups is 1. The van der Waals surface area contributed by atoms with E-state index in [0.717, 1.165) is 5.56 Å². The number of nitrogens with zero attached hydrogens (tertiary/aromatic N) is 2. The molecule has 10 heteroatoms. The van der Waals surface area contributed by atoms with E-state index in [1.54, 1.807) is 42.6 Å². The summed E-state index contributed by atoms with van der Waals surface area (Å²) in [5.74, 6) is -0.225. The van der Waals surface area contributed by atoms with Gasteiger partial charge in [-0.2, -0.15) is 0 Å². The molecule has 0 radical (unpaired) electrons. The first-order valence-corrected chi connectivity index (χ1v) is 10.7. The number of aromatic nitrogens is 2. The van der Waals surface area contributed by atoms with Gasteiger partial charge in [-0.1, -0.05) is 24.3 Å². The fraction of sp³-hybridized carbons (Fsp3) is 0.160. The molecule has 1 N–H and O–H groups in total. The maximum Gasteiger partial charge on any atom is 0.573 e. The zero-order valence-electron chi connectivity index (χ0n) is 18.1. The van der Waals surface area contributed by atoms with E-state index >= 15 is 0 Å². The van der Waals surface area contributed by atoms with E-state index < -0.39 is 17.8 Å². The van der Waals surface area contributed by atoms with Crippen molar-refractivity contribution in [3.63, 3.8) is 0 Å². The quantitative estimate of drug-likeness (QED) is 0.466. The van der Waals surface area contributed by atoms with Crippen LogP contribution in [0.25, 0.3) is 16.8 Å². The second-order valence-electron chi connectivity index (χ2n) is 7.96. The van der Waals surface area contributed by atoms with Crippen molar-refractivity contribution in [1.82, 2.24) is 14.7 Å². The van der Waals surface area contributed by atoms with E-state index in [1.165, 1.54) is 28.8 Å². The summed E-state index contributed by atoms with van der Waals surface area (Å²) in [7, 11) is 0. The van der Waals surface area contributed by atoms with Gasteiger partial charge in [-0.25, -0.2) is 4.98 Å². The van der Waals surface area contributed by atoms with Gasteiger partial charge in [0.05, 0.1) is 6.54 Å². The molecule has 178 valence electrons. The lowest BCUT2D eigenvalue weighted by Crippen LogP contribution is -2.37. The Hall–Kier alpha value is -4.34. The van der Waals surface area contributed by atoms with Crippen LogP contribution in [0.5, 0.6) is 11.5 Å². The van der Waals surface area contributed by atoms with Gasteiger partial charge in [-0.15, -0.1) is 13.2 Å². The van der Waals surface area contributed by atoms with Gasteiger partial charge in [0, 0.05) is 18.8 Å². The van der Waals surface area contributed by atoms with Gasteiger partial charge < -0.3 is 14.8 Å². The predicted molar refractivity (Wildman–Crippen MR) is 120 cm³/mol. The summed E-state index contributed by atoms with van der Waals surface area (Å²) >= 11 is 0. The van der Waals surface area contributed by atoms with Crippen LogP contribution in [0.15, 0.2) is 77.9 Å². The van der Waals surface area contributed by atoms with Crippen LogP contribution in [-0.2, 0) is 6.42 Å². The number of alkyl halides is 3. The zero-order valence-corrected chi connectivity index (χ0v) is 18.1. The molecule has 1 unspecified atom stereocenters. The number of amides is 1. The summed E-state index contributed by atoms with van der Waals surface area (Å²) in [6, 6.07) is 16.1. The number of ether oxygens (including phenoxy) is 2. The van der Waals surface area contributed by atoms with Crippen LogP contribution in [0.2, 0.25) is 0 Å². The third-order valence-corrected chi connectivity index (χ3v) is 5.55. The minimum Gasteiger partial charge on any atom is -0.488 e. The number of fused-ring (bicyclic) bond motifs is 2. The highest BCUT2D eigenvalue weighted by molar-refractivity contribution is 5.93. The largest absolute Gasteiger partial charge is 0.573 e. The smallest absolute Gasteiger partial charge is 0.488 e. The number of hydrogen-bond donors (Lipinski definition) is 1. The molecule has 5 rings (SSSR count). The standard InChI is InChI=1S/C25H18F3N3O4/c26-25(27,28)35-18-5-3-4-15(11-18)16-7-8-21-17(10-16)12-19(34-21)13-30-23(32)20-14-29-22-6-1-2-9-31(22)24(20)33/h1-11,14,19H,12-13H2,(H,30,32). The molecule has 2 aromatic carbocycles. The minimum absolute atomic E-state index is 0.0764. The fourth-order valence-electron chi connectivity index (χ4n) is 3.97. The zero-order chi connectivity index (χ0) is 24.6. The molecule has 3 heterocycles. The van der Waals surface area contributed by atoms with Crippen molar-refractivity contribution in [2.45, 2.75) is 18.9 Å². The molecular formula is C25H18F3N3O4. The van der Waals surface area contributed by atoms with E-state index in [-0.39, 0.29) is 24.0 Å². The van der Waals surface area contributed by atoms with Crippen molar-refractivity contribution in [3.05, 3.63) is 94.5 Å². The van der Waals surface area contributed by atoms with E-state index in [9.17, 15) is 22.8 Å². The summed E-state index contributed by atoms with van der Waals surface area (Å²) < 4.78 is 48.8. The van der Waals surface area contributed by atoms with Crippen molar-refractivity contribution in [1.29, 1.82) is 0 Å². The first-order chi connectivity index (χ1) is 16.8. The van der Waals surface area contributed by atoms with Gasteiger partial charge in [0.25, 0.3) is 11.5 Å². The minimum atomic E-state index is -4.77. The van der Waals surface area contributed by atoms with E-state index in [2.05, 4.69) is 15.0 Å². The van der Waals surface area contributed by atoms with Crippen LogP contribution in [0.4, 0.5) is 13.2 Å². The molecule has 1 atom stereocenters. The molecule has 0 saturated carbocycles. The highest BCUT2D eigenvalue weighted by Gasteiger charge is 2.31. The van der Waals surface area contributed by atoms with Crippen LogP contribution in [0, 0.1) is 0 Å². The van der Waals surface area contributed by atoms with Gasteiger partial charge in [0.1, 0.15) is 28.8 Å². The average Bonchev–Trinajstić information content (AvgIpc) is 3.24. The monoisotopic (exact) mass is 481 g/mol. The van der Waals surface area contributed by atoms with Gasteiger partial charge in [0.2, 0.25) is 0 Å². The van der Waals surface area contributed by atoms with E-state index in [0.29, 0.717) is 28.9 Å². The molecule has 4 aromatic rings. The molecule has 1 amide bonds. The van der Waals surface area contributed by atoms with Crippen molar-refractivity contribution in [2.75, 3.05) is 6.54 Å². The molecule has 1 aliphatic heterocycles. The Morgan fingerprint density at radius 3 is 2.77 bits per heavy atom. The molecule has 0 aliphatic carbocycles. The molecule has 2 aromatic heterocycles. The Kier molecular flexibility index (Phi) is 5.64. The normalized spacial score (nSPS) is 14.9. The highest BCUT2D eigenvalue weighted by atomic mass is 19.4. The lowest BCUT2D eigenvalue weighted by atomic mass is 10.0. The van der Waals surface area contributed by atoms with Crippen molar-refractivity contribution in [2.24, 2.45) is 0 Å². The van der Waals surface area contributed by atoms with E-state index in [1.807, 2.05) is 6.07 Å². The van der Waals surface area contributed by atoms with Crippen molar-refractivity contribution in [3.8, 4) is 22.6 Å². The Morgan fingerprint density at radius 2 is 1.94 bits per heavy atom. The predicted octanol–water partition coefficient (Wildman–Crippen LogP) is 3.99. The van der Waals surface area contributed by atoms with Gasteiger partial charge >= 0.3 is 6.36 Å². The molecular weight excluding hydrogens is 463 g/mol. The maximum atomic E-state index is 12.6. The summed E-state index contributed by atoms with van der Waals surface area (Å²) in [5.41, 5.74) is 2.03. The summed E-state index contributed by atoms with van der Waals surface area (Å²) in [6.07, 6.45) is -1.85. The molecule has 0 spiro atoms. The number of halogens is 3. The highest BCUT2D eigenvalue weighted by Crippen LogP contribution is 2.34. The third kappa shape index (κ3) is 4.81. The number of rotatable bonds is 5. The van der Waals surface area contributed by atoms with Crippen LogP contribution in [0.3, 0.4) is 0 Å². The Balaban J connectivity index is 1.26. The van der Waals surface area contributed by atoms with Crippen LogP contribution < -0.4 is 20.3 Å². The first-order valence-electron chi connectivity index (χ1n) is 10.7. The van der Waals surface area contributed by atoms with E-state index in [4.69, 9.17) is 4.74 Å². The number of pyridine rings is 1. The topological polar surface area (TPSA) is 81.9 Å². The maximum absolute atomic E-state index is 12.6. The summed E-state index contributed by atoms with van der Waals surface area (Å²) in [6.45, 7) is 0.161. The van der Waals surface area contributed by atoms with Crippen molar-refractivity contribution >= 4 is 11.6 Å². The Bertz CT molecular complexity index is 1480.